The molecule has 10 heteroatoms. The molecule has 10 nitrogen and oxygen atoms in total. The number of aromatic nitrogens is 1. The van der Waals surface area contributed by atoms with Crippen LogP contribution in [-0.2, 0) is 24.5 Å². The van der Waals surface area contributed by atoms with E-state index in [1.807, 2.05) is 23.1 Å². The molecule has 1 aromatic heterocycles. The maximum Gasteiger partial charge on any atom is 0.249 e. The number of methoxy groups -OCH3 is 2. The number of rotatable bonds is 6. The number of benzene rings is 1. The second-order valence-corrected chi connectivity index (χ2v) is 9.40. The Bertz CT molecular complexity index is 1070. The summed E-state index contributed by atoms with van der Waals surface area (Å²) in [6, 6.07) is 5.36. The van der Waals surface area contributed by atoms with Crippen LogP contribution in [0.4, 0.5) is 0 Å². The molecule has 2 N–H and O–H groups in total. The summed E-state index contributed by atoms with van der Waals surface area (Å²) in [6.45, 7) is 4.41. The van der Waals surface area contributed by atoms with E-state index in [2.05, 4.69) is 9.88 Å². The number of nitrogens with zero attached hydrogens (tertiary/aromatic N) is 3. The lowest BCUT2D eigenvalue weighted by Crippen LogP contribution is -2.69. The summed E-state index contributed by atoms with van der Waals surface area (Å²) >= 11 is 0. The summed E-state index contributed by atoms with van der Waals surface area (Å²) in [5.41, 5.74) is 2.39. The molecule has 1 atom stereocenters. The Kier molecular flexibility index (Phi) is 6.24. The van der Waals surface area contributed by atoms with Crippen molar-refractivity contribution in [3.05, 3.63) is 29.5 Å². The van der Waals surface area contributed by atoms with Crippen molar-refractivity contribution < 1.29 is 28.9 Å². The highest BCUT2D eigenvalue weighted by Gasteiger charge is 2.54. The van der Waals surface area contributed by atoms with E-state index in [1.54, 1.807) is 12.0 Å². The summed E-state index contributed by atoms with van der Waals surface area (Å²) in [4.78, 5) is 35.1. The summed E-state index contributed by atoms with van der Waals surface area (Å²) in [5, 5.41) is 11.3. The number of fused-ring (bicyclic) bond motifs is 4. The second kappa shape index (κ2) is 9.18. The molecule has 2 amide bonds. The van der Waals surface area contributed by atoms with Crippen molar-refractivity contribution in [1.82, 2.24) is 19.7 Å². The summed E-state index contributed by atoms with van der Waals surface area (Å²) in [6.07, 6.45) is 0. The van der Waals surface area contributed by atoms with Crippen LogP contribution in [0.15, 0.2) is 18.2 Å². The quantitative estimate of drug-likeness (QED) is 0.615. The van der Waals surface area contributed by atoms with E-state index in [0.717, 1.165) is 41.0 Å². The molecule has 0 bridgehead atoms. The number of carbonyl (C=O) groups is 2. The lowest BCUT2D eigenvalue weighted by atomic mass is 9.68. The molecular formula is C24H32N4O6. The van der Waals surface area contributed by atoms with Crippen molar-refractivity contribution >= 4 is 22.7 Å². The number of aliphatic hydroxyl groups excluding tert-OH is 1. The van der Waals surface area contributed by atoms with E-state index in [-0.39, 0.29) is 25.0 Å². The van der Waals surface area contributed by atoms with Crippen LogP contribution in [0.3, 0.4) is 0 Å². The molecule has 1 aromatic carbocycles. The molecule has 184 valence electrons. The van der Waals surface area contributed by atoms with Crippen molar-refractivity contribution in [2.75, 3.05) is 79.9 Å². The molecule has 2 aromatic rings. The Labute approximate surface area is 198 Å². The Morgan fingerprint density at radius 3 is 2.62 bits per heavy atom. The van der Waals surface area contributed by atoms with Gasteiger partial charge in [0, 0.05) is 62.5 Å². The van der Waals surface area contributed by atoms with Gasteiger partial charge in [-0.2, -0.15) is 0 Å². The minimum Gasteiger partial charge on any atom is -0.497 e. The van der Waals surface area contributed by atoms with Gasteiger partial charge in [-0.15, -0.1) is 0 Å². The zero-order chi connectivity index (χ0) is 23.9. The maximum absolute atomic E-state index is 13.0. The number of likely N-dealkylation sites (tertiary alicyclic amines) is 1. The third kappa shape index (κ3) is 3.84. The number of hydrogen-bond donors (Lipinski definition) is 2. The number of aliphatic hydroxyl groups is 1. The number of amides is 2. The standard InChI is InChI=1S/C24H32N4O6/c1-32-12-21(31)28-15-24(13-27(14-24)20(30)10-26-5-7-34-8-6-26)22-17-4-3-16(33-2)9-18(17)25-23(22)19(28)11-29/h3-4,9,19,25,29H,5-8,10-15H2,1-2H3/t19-/m1/s1. The first-order valence-electron chi connectivity index (χ1n) is 11.7. The van der Waals surface area contributed by atoms with Gasteiger partial charge in [-0.1, -0.05) is 0 Å². The number of aromatic amines is 1. The van der Waals surface area contributed by atoms with Crippen molar-refractivity contribution in [2.45, 2.75) is 11.5 Å². The SMILES string of the molecule is COCC(=O)N1CC2(CN(C(=O)CN3CCOCC3)C2)c2c([nH]c3cc(OC)ccc23)[C@H]1CO. The minimum atomic E-state index is -0.500. The van der Waals surface area contributed by atoms with E-state index in [0.29, 0.717) is 39.4 Å². The largest absolute Gasteiger partial charge is 0.497 e. The monoisotopic (exact) mass is 472 g/mol. The van der Waals surface area contributed by atoms with Crippen LogP contribution in [0.25, 0.3) is 10.9 Å². The number of morpholine rings is 1. The second-order valence-electron chi connectivity index (χ2n) is 9.40. The van der Waals surface area contributed by atoms with Crippen molar-refractivity contribution in [3.63, 3.8) is 0 Å². The van der Waals surface area contributed by atoms with Crippen molar-refractivity contribution in [2.24, 2.45) is 0 Å². The van der Waals surface area contributed by atoms with Crippen LogP contribution in [0.5, 0.6) is 5.75 Å². The first kappa shape index (κ1) is 23.1. The molecule has 0 radical (unpaired) electrons. The van der Waals surface area contributed by atoms with Gasteiger partial charge in [0.1, 0.15) is 12.4 Å². The molecule has 0 aliphatic carbocycles. The van der Waals surface area contributed by atoms with Gasteiger partial charge in [-0.05, 0) is 17.7 Å². The fourth-order valence-electron chi connectivity index (χ4n) is 5.64. The van der Waals surface area contributed by atoms with Crippen LogP contribution >= 0.6 is 0 Å². The first-order valence-corrected chi connectivity index (χ1v) is 11.7. The predicted octanol–water partition coefficient (Wildman–Crippen LogP) is 0.111. The number of carbonyl (C=O) groups excluding carboxylic acids is 2. The van der Waals surface area contributed by atoms with Gasteiger partial charge in [0.05, 0.1) is 44.9 Å². The minimum absolute atomic E-state index is 0.0599. The van der Waals surface area contributed by atoms with E-state index in [4.69, 9.17) is 14.2 Å². The van der Waals surface area contributed by atoms with Gasteiger partial charge in [-0.25, -0.2) is 0 Å². The van der Waals surface area contributed by atoms with Crippen LogP contribution in [-0.4, -0.2) is 117 Å². The Morgan fingerprint density at radius 2 is 1.94 bits per heavy atom. The van der Waals surface area contributed by atoms with Gasteiger partial charge < -0.3 is 34.1 Å². The van der Waals surface area contributed by atoms with Gasteiger partial charge in [-0.3, -0.25) is 14.5 Å². The van der Waals surface area contributed by atoms with E-state index >= 15 is 0 Å². The Hall–Kier alpha value is -2.66. The molecule has 2 saturated heterocycles. The molecule has 3 aliphatic rings. The highest BCUT2D eigenvalue weighted by atomic mass is 16.5. The zero-order valence-corrected chi connectivity index (χ0v) is 19.7. The third-order valence-corrected chi connectivity index (χ3v) is 7.31. The topological polar surface area (TPSA) is 108 Å². The first-order chi connectivity index (χ1) is 16.5. The number of ether oxygens (including phenoxy) is 3. The third-order valence-electron chi connectivity index (χ3n) is 7.31. The lowest BCUT2D eigenvalue weighted by Gasteiger charge is -2.56. The summed E-state index contributed by atoms with van der Waals surface area (Å²) in [5.74, 6) is 0.638. The highest BCUT2D eigenvalue weighted by molar-refractivity contribution is 5.90. The van der Waals surface area contributed by atoms with Crippen LogP contribution in [0.1, 0.15) is 17.3 Å². The molecule has 1 spiro atoms. The maximum atomic E-state index is 13.0. The fraction of sp³-hybridized carbons (Fsp3) is 0.583. The van der Waals surface area contributed by atoms with Crippen LogP contribution < -0.4 is 4.74 Å². The smallest absolute Gasteiger partial charge is 0.249 e. The Balaban J connectivity index is 1.48. The fourth-order valence-corrected chi connectivity index (χ4v) is 5.64. The number of nitrogens with one attached hydrogen (secondary N) is 1. The average Bonchev–Trinajstić information content (AvgIpc) is 3.21. The summed E-state index contributed by atoms with van der Waals surface area (Å²) < 4.78 is 15.9. The Morgan fingerprint density at radius 1 is 1.18 bits per heavy atom. The molecule has 0 unspecified atom stereocenters. The van der Waals surface area contributed by atoms with Gasteiger partial charge >= 0.3 is 0 Å². The molecule has 3 aliphatic heterocycles. The van der Waals surface area contributed by atoms with Crippen molar-refractivity contribution in [1.29, 1.82) is 0 Å². The molecular weight excluding hydrogens is 440 g/mol. The predicted molar refractivity (Wildman–Crippen MR) is 124 cm³/mol. The van der Waals surface area contributed by atoms with Crippen LogP contribution in [0, 0.1) is 0 Å². The van der Waals surface area contributed by atoms with Gasteiger partial charge in [0.2, 0.25) is 11.8 Å². The average molecular weight is 473 g/mol. The normalized spacial score (nSPS) is 22.0. The molecule has 0 saturated carbocycles. The molecule has 34 heavy (non-hydrogen) atoms. The van der Waals surface area contributed by atoms with E-state index in [9.17, 15) is 14.7 Å². The highest BCUT2D eigenvalue weighted by Crippen LogP contribution is 2.48. The van der Waals surface area contributed by atoms with E-state index < -0.39 is 11.5 Å². The molecule has 4 heterocycles. The lowest BCUT2D eigenvalue weighted by molar-refractivity contribution is -0.148. The summed E-state index contributed by atoms with van der Waals surface area (Å²) in [7, 11) is 3.11. The molecule has 2 fully saturated rings. The van der Waals surface area contributed by atoms with Gasteiger partial charge in [0.25, 0.3) is 0 Å². The number of H-pyrrole nitrogens is 1. The zero-order valence-electron chi connectivity index (χ0n) is 19.7. The van der Waals surface area contributed by atoms with Crippen molar-refractivity contribution in [3.8, 4) is 5.75 Å². The van der Waals surface area contributed by atoms with Gasteiger partial charge in [0.15, 0.2) is 0 Å². The van der Waals surface area contributed by atoms with E-state index in [1.165, 1.54) is 7.11 Å². The molecule has 5 rings (SSSR count). The number of hydrogen-bond acceptors (Lipinski definition) is 7. The van der Waals surface area contributed by atoms with Crippen LogP contribution in [0.2, 0.25) is 0 Å².